The molecule has 112 valence electrons. The molecule has 1 aromatic carbocycles. The number of hydrogen-bond donors (Lipinski definition) is 1. The molecule has 0 aliphatic heterocycles. The van der Waals surface area contributed by atoms with Gasteiger partial charge in [0.25, 0.3) is 0 Å². The van der Waals surface area contributed by atoms with Crippen LogP contribution in [0.5, 0.6) is 0 Å². The average molecular weight is 378 g/mol. The molecule has 0 atom stereocenters. The van der Waals surface area contributed by atoms with Crippen molar-refractivity contribution in [2.45, 2.75) is 13.5 Å². The van der Waals surface area contributed by atoms with Gasteiger partial charge in [-0.15, -0.1) is 21.5 Å². The zero-order chi connectivity index (χ0) is 15.5. The molecular weight excluding hydrogens is 366 g/mol. The number of tetrazole rings is 1. The second-order valence-electron chi connectivity index (χ2n) is 4.63. The Morgan fingerprint density at radius 1 is 1.41 bits per heavy atom. The Hall–Kier alpha value is -2.06. The van der Waals surface area contributed by atoms with Crippen LogP contribution in [0.4, 0.5) is 5.69 Å². The van der Waals surface area contributed by atoms with Crippen molar-refractivity contribution in [3.05, 3.63) is 45.7 Å². The van der Waals surface area contributed by atoms with E-state index in [0.717, 1.165) is 20.6 Å². The van der Waals surface area contributed by atoms with Gasteiger partial charge in [-0.25, -0.2) is 0 Å². The Kier molecular flexibility index (Phi) is 4.30. The number of rotatable bonds is 4. The number of benzene rings is 1. The van der Waals surface area contributed by atoms with Crippen molar-refractivity contribution in [1.82, 2.24) is 20.2 Å². The summed E-state index contributed by atoms with van der Waals surface area (Å²) in [6.45, 7) is 1.99. The molecule has 0 bridgehead atoms. The third-order valence-electron chi connectivity index (χ3n) is 2.92. The number of nitrogens with one attached hydrogen (secondary N) is 1. The van der Waals surface area contributed by atoms with Crippen LogP contribution in [-0.4, -0.2) is 26.1 Å². The molecule has 0 saturated carbocycles. The van der Waals surface area contributed by atoms with Crippen molar-refractivity contribution in [2.24, 2.45) is 0 Å². The summed E-state index contributed by atoms with van der Waals surface area (Å²) in [5, 5.41) is 16.8. The Bertz CT molecular complexity index is 799. The third-order valence-corrected chi connectivity index (χ3v) is 4.68. The zero-order valence-electron chi connectivity index (χ0n) is 11.7. The summed E-state index contributed by atoms with van der Waals surface area (Å²) in [4.78, 5) is 14.2. The van der Waals surface area contributed by atoms with Gasteiger partial charge in [0.05, 0.1) is 4.88 Å². The largest absolute Gasteiger partial charge is 0.324 e. The van der Waals surface area contributed by atoms with Crippen molar-refractivity contribution < 1.29 is 4.79 Å². The summed E-state index contributed by atoms with van der Waals surface area (Å²) in [6, 6.07) is 9.46. The number of thiophene rings is 1. The monoisotopic (exact) mass is 377 g/mol. The highest BCUT2D eigenvalue weighted by Crippen LogP contribution is 2.20. The number of carbonyl (C=O) groups excluding carboxylic acids is 1. The second-order valence-corrected chi connectivity index (χ2v) is 6.43. The van der Waals surface area contributed by atoms with Gasteiger partial charge in [0.1, 0.15) is 6.54 Å². The van der Waals surface area contributed by atoms with E-state index in [4.69, 9.17) is 0 Å². The molecule has 2 heterocycles. The van der Waals surface area contributed by atoms with Gasteiger partial charge in [0.2, 0.25) is 11.7 Å². The van der Waals surface area contributed by atoms with Crippen LogP contribution in [0.3, 0.4) is 0 Å². The van der Waals surface area contributed by atoms with Crippen LogP contribution in [0.2, 0.25) is 0 Å². The number of aromatic nitrogens is 4. The molecule has 6 nitrogen and oxygen atoms in total. The van der Waals surface area contributed by atoms with E-state index in [-0.39, 0.29) is 12.5 Å². The summed E-state index contributed by atoms with van der Waals surface area (Å²) >= 11 is 4.96. The fraction of sp³-hybridized carbons (Fsp3) is 0.143. The maximum Gasteiger partial charge on any atom is 0.248 e. The van der Waals surface area contributed by atoms with Crippen LogP contribution in [0.15, 0.2) is 40.2 Å². The van der Waals surface area contributed by atoms with Crippen molar-refractivity contribution in [3.63, 3.8) is 0 Å². The van der Waals surface area contributed by atoms with E-state index in [1.807, 2.05) is 42.6 Å². The highest BCUT2D eigenvalue weighted by atomic mass is 79.9. The number of hydrogen-bond acceptors (Lipinski definition) is 5. The van der Waals surface area contributed by atoms with Gasteiger partial charge in [0.15, 0.2) is 0 Å². The highest BCUT2D eigenvalue weighted by Gasteiger charge is 2.10. The molecule has 1 N–H and O–H groups in total. The van der Waals surface area contributed by atoms with Gasteiger partial charge in [0, 0.05) is 10.2 Å². The molecule has 0 fully saturated rings. The van der Waals surface area contributed by atoms with Crippen LogP contribution in [0.1, 0.15) is 5.56 Å². The molecule has 0 spiro atoms. The van der Waals surface area contributed by atoms with E-state index >= 15 is 0 Å². The Labute approximate surface area is 139 Å². The molecule has 1 amide bonds. The minimum atomic E-state index is -0.197. The predicted molar refractivity (Wildman–Crippen MR) is 88.6 cm³/mol. The molecule has 0 aliphatic rings. The lowest BCUT2D eigenvalue weighted by atomic mass is 10.2. The number of halogens is 1. The minimum absolute atomic E-state index is 0.0213. The van der Waals surface area contributed by atoms with Gasteiger partial charge in [-0.2, -0.15) is 4.80 Å². The number of anilines is 1. The Morgan fingerprint density at radius 2 is 2.27 bits per heavy atom. The van der Waals surface area contributed by atoms with Crippen LogP contribution in [-0.2, 0) is 11.3 Å². The van der Waals surface area contributed by atoms with Gasteiger partial charge in [-0.1, -0.05) is 22.0 Å². The van der Waals surface area contributed by atoms with E-state index in [0.29, 0.717) is 5.82 Å². The summed E-state index contributed by atoms with van der Waals surface area (Å²) in [5.74, 6) is 0.333. The predicted octanol–water partition coefficient (Wildman–Crippen LogP) is 3.11. The topological polar surface area (TPSA) is 72.7 Å². The van der Waals surface area contributed by atoms with Gasteiger partial charge in [-0.05, 0) is 47.3 Å². The van der Waals surface area contributed by atoms with Crippen LogP contribution >= 0.6 is 27.3 Å². The van der Waals surface area contributed by atoms with E-state index in [2.05, 4.69) is 36.7 Å². The molecule has 0 radical (unpaired) electrons. The molecule has 8 heteroatoms. The fourth-order valence-corrected chi connectivity index (χ4v) is 2.76. The minimum Gasteiger partial charge on any atom is -0.324 e. The molecule has 0 aliphatic carbocycles. The quantitative estimate of drug-likeness (QED) is 0.757. The molecule has 3 rings (SSSR count). The SMILES string of the molecule is Cc1cc(NC(=O)Cn2nnc(-c3cccs3)n2)ccc1Br. The maximum atomic E-state index is 12.0. The van der Waals surface area contributed by atoms with Crippen molar-refractivity contribution >= 4 is 38.9 Å². The molecular formula is C14H12BrN5OS. The zero-order valence-corrected chi connectivity index (χ0v) is 14.1. The van der Waals surface area contributed by atoms with Gasteiger partial charge in [-0.3, -0.25) is 4.79 Å². The van der Waals surface area contributed by atoms with E-state index < -0.39 is 0 Å². The summed E-state index contributed by atoms with van der Waals surface area (Å²) < 4.78 is 1.00. The molecule has 0 saturated heterocycles. The van der Waals surface area contributed by atoms with Crippen molar-refractivity contribution in [3.8, 4) is 10.7 Å². The molecule has 3 aromatic rings. The number of amides is 1. The maximum absolute atomic E-state index is 12.0. The first-order valence-corrected chi connectivity index (χ1v) is 8.17. The number of nitrogens with zero attached hydrogens (tertiary/aromatic N) is 4. The van der Waals surface area contributed by atoms with Gasteiger partial charge >= 0.3 is 0 Å². The lowest BCUT2D eigenvalue weighted by Crippen LogP contribution is -2.20. The fourth-order valence-electron chi connectivity index (χ4n) is 1.87. The lowest BCUT2D eigenvalue weighted by molar-refractivity contribution is -0.117. The summed E-state index contributed by atoms with van der Waals surface area (Å²) in [6.07, 6.45) is 0. The van der Waals surface area contributed by atoms with E-state index in [1.54, 1.807) is 0 Å². The van der Waals surface area contributed by atoms with Crippen LogP contribution in [0.25, 0.3) is 10.7 Å². The lowest BCUT2D eigenvalue weighted by Gasteiger charge is -2.06. The number of aryl methyl sites for hydroxylation is 1. The first-order valence-electron chi connectivity index (χ1n) is 6.49. The molecule has 0 unspecified atom stereocenters. The normalized spacial score (nSPS) is 10.6. The standard InChI is InChI=1S/C14H12BrN5OS/c1-9-7-10(4-5-11(9)15)16-13(21)8-20-18-14(17-19-20)12-3-2-6-22-12/h2-7H,8H2,1H3,(H,16,21). The average Bonchev–Trinajstić information content (AvgIpc) is 3.13. The van der Waals surface area contributed by atoms with Crippen molar-refractivity contribution in [2.75, 3.05) is 5.32 Å². The van der Waals surface area contributed by atoms with Gasteiger partial charge < -0.3 is 5.32 Å². The van der Waals surface area contributed by atoms with Crippen LogP contribution in [0, 0.1) is 6.92 Å². The summed E-state index contributed by atoms with van der Waals surface area (Å²) in [7, 11) is 0. The Morgan fingerprint density at radius 3 is 3.00 bits per heavy atom. The first-order chi connectivity index (χ1) is 10.6. The summed E-state index contributed by atoms with van der Waals surface area (Å²) in [5.41, 5.74) is 1.79. The highest BCUT2D eigenvalue weighted by molar-refractivity contribution is 9.10. The Balaban J connectivity index is 1.65. The second kappa shape index (κ2) is 6.37. The third kappa shape index (κ3) is 3.40. The first kappa shape index (κ1) is 14.9. The van der Waals surface area contributed by atoms with Crippen LogP contribution < -0.4 is 5.32 Å². The van der Waals surface area contributed by atoms with E-state index in [9.17, 15) is 4.79 Å². The van der Waals surface area contributed by atoms with E-state index in [1.165, 1.54) is 16.1 Å². The van der Waals surface area contributed by atoms with Crippen molar-refractivity contribution in [1.29, 1.82) is 0 Å². The smallest absolute Gasteiger partial charge is 0.248 e. The molecule has 2 aromatic heterocycles. The molecule has 22 heavy (non-hydrogen) atoms. The number of carbonyl (C=O) groups is 1.